The van der Waals surface area contributed by atoms with Crippen molar-refractivity contribution in [2.75, 3.05) is 27.9 Å². The van der Waals surface area contributed by atoms with Gasteiger partial charge in [0.25, 0.3) is 0 Å². The molecule has 0 bridgehead atoms. The number of carbonyl (C=O) groups is 1. The Bertz CT molecular complexity index is 235. The summed E-state index contributed by atoms with van der Waals surface area (Å²) in [5.74, 6) is -1.91. The van der Waals surface area contributed by atoms with E-state index in [4.69, 9.17) is 14.2 Å². The molecule has 0 aliphatic carbocycles. The van der Waals surface area contributed by atoms with Crippen LogP contribution in [0.3, 0.4) is 0 Å². The highest BCUT2D eigenvalue weighted by atomic mass is 16.7. The smallest absolute Gasteiger partial charge is 0.361 e. The van der Waals surface area contributed by atoms with Crippen molar-refractivity contribution < 1.29 is 23.8 Å². The molecule has 0 aliphatic heterocycles. The van der Waals surface area contributed by atoms with Gasteiger partial charge in [0.15, 0.2) is 0 Å². The van der Waals surface area contributed by atoms with Gasteiger partial charge in [-0.2, -0.15) is 0 Å². The molecule has 0 saturated heterocycles. The van der Waals surface area contributed by atoms with Crippen LogP contribution in [0.15, 0.2) is 5.16 Å². The zero-order chi connectivity index (χ0) is 11.9. The lowest BCUT2D eigenvalue weighted by Crippen LogP contribution is -2.44. The van der Waals surface area contributed by atoms with Crippen molar-refractivity contribution in [3.63, 3.8) is 0 Å². The fraction of sp³-hybridized carbons (Fsp3) is 0.778. The summed E-state index contributed by atoms with van der Waals surface area (Å²) >= 11 is 0. The van der Waals surface area contributed by atoms with E-state index in [1.54, 1.807) is 13.8 Å². The van der Waals surface area contributed by atoms with Gasteiger partial charge < -0.3 is 19.0 Å². The van der Waals surface area contributed by atoms with Crippen LogP contribution in [0.25, 0.3) is 0 Å². The van der Waals surface area contributed by atoms with Crippen molar-refractivity contribution in [2.24, 2.45) is 5.16 Å². The Morgan fingerprint density at radius 2 is 1.80 bits per heavy atom. The van der Waals surface area contributed by atoms with Crippen molar-refractivity contribution in [1.29, 1.82) is 0 Å². The van der Waals surface area contributed by atoms with Crippen LogP contribution in [0, 0.1) is 0 Å². The SMILES string of the molecule is CCOC(=O)/C(=N\OC)C(C)(OC)OC. The molecule has 0 fully saturated rings. The highest BCUT2D eigenvalue weighted by Crippen LogP contribution is 2.14. The number of hydrogen-bond donors (Lipinski definition) is 0. The molecule has 0 rings (SSSR count). The monoisotopic (exact) mass is 219 g/mol. The molecule has 6 nitrogen and oxygen atoms in total. The number of carbonyl (C=O) groups excluding carboxylic acids is 1. The Balaban J connectivity index is 4.96. The molecule has 88 valence electrons. The van der Waals surface area contributed by atoms with Gasteiger partial charge in [-0.3, -0.25) is 0 Å². The first-order valence-electron chi connectivity index (χ1n) is 4.44. The first kappa shape index (κ1) is 13.9. The fourth-order valence-electron chi connectivity index (χ4n) is 0.873. The average Bonchev–Trinajstić information content (AvgIpc) is 2.25. The molecule has 0 N–H and O–H groups in total. The maximum absolute atomic E-state index is 11.5. The van der Waals surface area contributed by atoms with Gasteiger partial charge in [-0.25, -0.2) is 4.79 Å². The van der Waals surface area contributed by atoms with Crippen molar-refractivity contribution in [3.05, 3.63) is 0 Å². The van der Waals surface area contributed by atoms with Gasteiger partial charge in [0.05, 0.1) is 6.61 Å². The number of hydrogen-bond acceptors (Lipinski definition) is 6. The molecule has 0 aromatic carbocycles. The van der Waals surface area contributed by atoms with Crippen LogP contribution in [-0.4, -0.2) is 45.4 Å². The molecule has 0 amide bonds. The molecule has 0 atom stereocenters. The highest BCUT2D eigenvalue weighted by molar-refractivity contribution is 6.39. The van der Waals surface area contributed by atoms with E-state index >= 15 is 0 Å². The summed E-state index contributed by atoms with van der Waals surface area (Å²) in [6.07, 6.45) is 0. The maximum Gasteiger partial charge on any atom is 0.361 e. The van der Waals surface area contributed by atoms with E-state index in [0.717, 1.165) is 0 Å². The number of oxime groups is 1. The third-order valence-corrected chi connectivity index (χ3v) is 1.86. The molecule has 0 radical (unpaired) electrons. The van der Waals surface area contributed by atoms with Crippen LogP contribution in [0.4, 0.5) is 0 Å². The molecule has 0 unspecified atom stereocenters. The molecule has 0 aliphatic rings. The van der Waals surface area contributed by atoms with E-state index in [0.29, 0.717) is 0 Å². The zero-order valence-electron chi connectivity index (χ0n) is 9.70. The lowest BCUT2D eigenvalue weighted by molar-refractivity contribution is -0.155. The third-order valence-electron chi connectivity index (χ3n) is 1.86. The van der Waals surface area contributed by atoms with Crippen LogP contribution in [0.5, 0.6) is 0 Å². The van der Waals surface area contributed by atoms with E-state index < -0.39 is 11.8 Å². The van der Waals surface area contributed by atoms with Crippen LogP contribution in [0.1, 0.15) is 13.8 Å². The van der Waals surface area contributed by atoms with Gasteiger partial charge in [0.1, 0.15) is 7.11 Å². The summed E-state index contributed by atoms with van der Waals surface area (Å²) in [5, 5.41) is 3.55. The summed E-state index contributed by atoms with van der Waals surface area (Å²) in [5.41, 5.74) is -0.0724. The second-order valence-electron chi connectivity index (χ2n) is 2.70. The molecule has 6 heteroatoms. The maximum atomic E-state index is 11.5. The lowest BCUT2D eigenvalue weighted by atomic mass is 10.2. The summed E-state index contributed by atoms with van der Waals surface area (Å²) < 4.78 is 14.9. The Morgan fingerprint density at radius 3 is 2.13 bits per heavy atom. The summed E-state index contributed by atoms with van der Waals surface area (Å²) in [4.78, 5) is 16.1. The first-order chi connectivity index (χ1) is 7.05. The van der Waals surface area contributed by atoms with Crippen molar-refractivity contribution in [1.82, 2.24) is 0 Å². The first-order valence-corrected chi connectivity index (χ1v) is 4.44. The second-order valence-corrected chi connectivity index (χ2v) is 2.70. The number of nitrogens with zero attached hydrogens (tertiary/aromatic N) is 1. The van der Waals surface area contributed by atoms with Gasteiger partial charge in [0.2, 0.25) is 11.5 Å². The molecule has 0 heterocycles. The Kier molecular flexibility index (Phi) is 5.88. The summed E-state index contributed by atoms with van der Waals surface area (Å²) in [6.45, 7) is 3.48. The molecule has 0 spiro atoms. The van der Waals surface area contributed by atoms with Crippen LogP contribution >= 0.6 is 0 Å². The van der Waals surface area contributed by atoms with Crippen LogP contribution in [-0.2, 0) is 23.8 Å². The topological polar surface area (TPSA) is 66.4 Å². The second kappa shape index (κ2) is 6.36. The molecular weight excluding hydrogens is 202 g/mol. The third kappa shape index (κ3) is 3.49. The van der Waals surface area contributed by atoms with Crippen LogP contribution < -0.4 is 0 Å². The predicted octanol–water partition coefficient (Wildman–Crippen LogP) is 0.561. The van der Waals surface area contributed by atoms with Gasteiger partial charge in [-0.05, 0) is 13.8 Å². The summed E-state index contributed by atoms with van der Waals surface area (Å²) in [7, 11) is 4.12. The number of rotatable bonds is 6. The zero-order valence-corrected chi connectivity index (χ0v) is 9.70. The van der Waals surface area contributed by atoms with E-state index in [9.17, 15) is 4.79 Å². The minimum atomic E-state index is -1.28. The Morgan fingerprint density at radius 1 is 1.27 bits per heavy atom. The quantitative estimate of drug-likeness (QED) is 0.282. The van der Waals surface area contributed by atoms with Crippen molar-refractivity contribution in [2.45, 2.75) is 19.6 Å². The van der Waals surface area contributed by atoms with E-state index in [1.807, 2.05) is 0 Å². The van der Waals surface area contributed by atoms with E-state index in [1.165, 1.54) is 21.3 Å². The average molecular weight is 219 g/mol. The highest BCUT2D eigenvalue weighted by Gasteiger charge is 2.37. The molecule has 0 aromatic rings. The van der Waals surface area contributed by atoms with Gasteiger partial charge in [-0.1, -0.05) is 5.16 Å². The summed E-state index contributed by atoms with van der Waals surface area (Å²) in [6, 6.07) is 0. The molecule has 15 heavy (non-hydrogen) atoms. The van der Waals surface area contributed by atoms with Gasteiger partial charge in [-0.15, -0.1) is 0 Å². The van der Waals surface area contributed by atoms with Crippen molar-refractivity contribution in [3.8, 4) is 0 Å². The van der Waals surface area contributed by atoms with Crippen molar-refractivity contribution >= 4 is 11.7 Å². The Hall–Kier alpha value is -1.14. The van der Waals surface area contributed by atoms with E-state index in [-0.39, 0.29) is 12.3 Å². The number of esters is 1. The Labute approximate surface area is 89.1 Å². The van der Waals surface area contributed by atoms with Gasteiger partial charge >= 0.3 is 5.97 Å². The minimum Gasteiger partial charge on any atom is -0.461 e. The fourth-order valence-corrected chi connectivity index (χ4v) is 0.873. The van der Waals surface area contributed by atoms with E-state index in [2.05, 4.69) is 9.99 Å². The largest absolute Gasteiger partial charge is 0.461 e. The molecular formula is C9H17NO5. The lowest BCUT2D eigenvalue weighted by Gasteiger charge is -2.25. The normalized spacial score (nSPS) is 12.5. The predicted molar refractivity (Wildman–Crippen MR) is 53.5 cm³/mol. The van der Waals surface area contributed by atoms with Crippen LogP contribution in [0.2, 0.25) is 0 Å². The van der Waals surface area contributed by atoms with Gasteiger partial charge in [0, 0.05) is 14.2 Å². The standard InChI is InChI=1S/C9H17NO5/c1-6-15-8(11)7(10-14-5)9(2,12-3)13-4/h6H2,1-5H3/b10-7+. The number of ether oxygens (including phenoxy) is 3. The minimum absolute atomic E-state index is 0.0724. The number of methoxy groups -OCH3 is 2. The molecule has 0 aromatic heterocycles. The molecule has 0 saturated carbocycles.